The second kappa shape index (κ2) is 8.10. The quantitative estimate of drug-likeness (QED) is 0.745. The molecular weight excluding hydrogens is 392 g/mol. The lowest BCUT2D eigenvalue weighted by Crippen LogP contribution is -2.46. The number of rotatable bonds is 4. The van der Waals surface area contributed by atoms with Crippen LogP contribution in [0.4, 0.5) is 17.1 Å². The first kappa shape index (κ1) is 18.7. The third-order valence-electron chi connectivity index (χ3n) is 4.89. The van der Waals surface area contributed by atoms with Crippen molar-refractivity contribution in [3.05, 3.63) is 52.0 Å². The zero-order chi connectivity index (χ0) is 18.7. The number of nitrogens with one attached hydrogen (secondary N) is 1. The summed E-state index contributed by atoms with van der Waals surface area (Å²) >= 11 is 3.42. The van der Waals surface area contributed by atoms with Gasteiger partial charge >= 0.3 is 0 Å². The van der Waals surface area contributed by atoms with Crippen LogP contribution in [0.25, 0.3) is 0 Å². The highest BCUT2D eigenvalue weighted by molar-refractivity contribution is 9.10. The van der Waals surface area contributed by atoms with Gasteiger partial charge in [0.15, 0.2) is 0 Å². The fraction of sp³-hybridized carbons (Fsp3) is 0.350. The summed E-state index contributed by atoms with van der Waals surface area (Å²) in [6.45, 7) is 9.42. The zero-order valence-electron chi connectivity index (χ0n) is 15.3. The van der Waals surface area contributed by atoms with E-state index in [0.29, 0.717) is 16.9 Å². The summed E-state index contributed by atoms with van der Waals surface area (Å²) in [5.74, 6) is -0.171. The Morgan fingerprint density at radius 3 is 2.54 bits per heavy atom. The summed E-state index contributed by atoms with van der Waals surface area (Å²) < 4.78 is 0.763. The van der Waals surface area contributed by atoms with Gasteiger partial charge in [0.25, 0.3) is 5.91 Å². The topological polar surface area (TPSA) is 61.6 Å². The summed E-state index contributed by atoms with van der Waals surface area (Å²) in [6, 6.07) is 11.3. The first-order valence-corrected chi connectivity index (χ1v) is 9.72. The zero-order valence-corrected chi connectivity index (χ0v) is 16.8. The summed E-state index contributed by atoms with van der Waals surface area (Å²) in [5, 5.41) is 2.96. The van der Waals surface area contributed by atoms with Crippen molar-refractivity contribution in [3.63, 3.8) is 0 Å². The number of carbonyl (C=O) groups is 1. The molecule has 0 aromatic heterocycles. The minimum Gasteiger partial charge on any atom is -0.397 e. The number of likely N-dealkylation sites (N-methyl/N-ethyl adjacent to an activating group) is 1. The Hall–Kier alpha value is -2.05. The molecule has 1 fully saturated rings. The maximum absolute atomic E-state index is 12.6. The Labute approximate surface area is 163 Å². The number of hydrogen-bond donors (Lipinski definition) is 2. The van der Waals surface area contributed by atoms with E-state index in [1.54, 1.807) is 6.07 Å². The van der Waals surface area contributed by atoms with Crippen molar-refractivity contribution in [2.75, 3.05) is 48.7 Å². The van der Waals surface area contributed by atoms with E-state index in [4.69, 9.17) is 5.73 Å². The van der Waals surface area contributed by atoms with Gasteiger partial charge in [0.2, 0.25) is 0 Å². The van der Waals surface area contributed by atoms with Gasteiger partial charge in [-0.1, -0.05) is 19.1 Å². The average molecular weight is 417 g/mol. The van der Waals surface area contributed by atoms with Crippen molar-refractivity contribution in [2.24, 2.45) is 0 Å². The third-order valence-corrected chi connectivity index (χ3v) is 5.59. The van der Waals surface area contributed by atoms with Crippen molar-refractivity contribution in [1.82, 2.24) is 4.90 Å². The molecule has 1 aliphatic rings. The van der Waals surface area contributed by atoms with Crippen molar-refractivity contribution in [3.8, 4) is 0 Å². The molecule has 0 spiro atoms. The Kier molecular flexibility index (Phi) is 5.84. The highest BCUT2D eigenvalue weighted by atomic mass is 79.9. The SMILES string of the molecule is CCN1CCN(c2cc(NC(=O)c3ccccc3Br)c(N)cc2C)CC1. The van der Waals surface area contributed by atoms with Crippen LogP contribution in [0.1, 0.15) is 22.8 Å². The normalized spacial score (nSPS) is 15.1. The van der Waals surface area contributed by atoms with Gasteiger partial charge in [0, 0.05) is 36.3 Å². The van der Waals surface area contributed by atoms with Crippen molar-refractivity contribution in [1.29, 1.82) is 0 Å². The van der Waals surface area contributed by atoms with Crippen molar-refractivity contribution in [2.45, 2.75) is 13.8 Å². The number of piperazine rings is 1. The van der Waals surface area contributed by atoms with Gasteiger partial charge in [-0.05, 0) is 59.2 Å². The van der Waals surface area contributed by atoms with Crippen LogP contribution in [-0.2, 0) is 0 Å². The summed E-state index contributed by atoms with van der Waals surface area (Å²) in [4.78, 5) is 17.4. The predicted octanol–water partition coefficient (Wildman–Crippen LogP) is 3.73. The Morgan fingerprint density at radius 1 is 1.19 bits per heavy atom. The Balaban J connectivity index is 1.82. The van der Waals surface area contributed by atoms with Gasteiger partial charge < -0.3 is 20.9 Å². The molecule has 0 radical (unpaired) electrons. The number of benzene rings is 2. The van der Waals surface area contributed by atoms with E-state index in [0.717, 1.165) is 48.4 Å². The highest BCUT2D eigenvalue weighted by Gasteiger charge is 2.19. The molecule has 3 N–H and O–H groups in total. The molecule has 1 heterocycles. The van der Waals surface area contributed by atoms with Crippen LogP contribution in [0.15, 0.2) is 40.9 Å². The molecule has 2 aromatic rings. The molecule has 0 aliphatic carbocycles. The van der Waals surface area contributed by atoms with Crippen LogP contribution in [0.2, 0.25) is 0 Å². The van der Waals surface area contributed by atoms with Gasteiger partial charge in [-0.3, -0.25) is 4.79 Å². The van der Waals surface area contributed by atoms with E-state index in [1.807, 2.05) is 30.3 Å². The maximum Gasteiger partial charge on any atom is 0.256 e. The number of nitrogen functional groups attached to an aromatic ring is 1. The standard InChI is InChI=1S/C20H25BrN4O/c1-3-24-8-10-25(11-9-24)19-13-18(17(22)12-14(19)2)23-20(26)15-6-4-5-7-16(15)21/h4-7,12-13H,3,8-11,22H2,1-2H3,(H,23,26). The number of aryl methyl sites for hydroxylation is 1. The van der Waals surface area contributed by atoms with E-state index >= 15 is 0 Å². The molecule has 0 unspecified atom stereocenters. The van der Waals surface area contributed by atoms with Crippen LogP contribution < -0.4 is 16.0 Å². The van der Waals surface area contributed by atoms with Gasteiger partial charge in [-0.15, -0.1) is 0 Å². The molecular formula is C20H25BrN4O. The molecule has 6 heteroatoms. The monoisotopic (exact) mass is 416 g/mol. The minimum absolute atomic E-state index is 0.171. The fourth-order valence-electron chi connectivity index (χ4n) is 3.31. The molecule has 0 saturated carbocycles. The van der Waals surface area contributed by atoms with Crippen LogP contribution in [0.5, 0.6) is 0 Å². The second-order valence-electron chi connectivity index (χ2n) is 6.58. The Bertz CT molecular complexity index is 800. The lowest BCUT2D eigenvalue weighted by Gasteiger charge is -2.36. The van der Waals surface area contributed by atoms with E-state index in [1.165, 1.54) is 0 Å². The number of amides is 1. The molecule has 0 atom stereocenters. The molecule has 26 heavy (non-hydrogen) atoms. The minimum atomic E-state index is -0.171. The van der Waals surface area contributed by atoms with Crippen LogP contribution in [0.3, 0.4) is 0 Å². The first-order chi connectivity index (χ1) is 12.5. The van der Waals surface area contributed by atoms with Crippen LogP contribution >= 0.6 is 15.9 Å². The van der Waals surface area contributed by atoms with Crippen LogP contribution in [0, 0.1) is 6.92 Å². The molecule has 5 nitrogen and oxygen atoms in total. The number of nitrogens with two attached hydrogens (primary N) is 1. The van der Waals surface area contributed by atoms with Crippen molar-refractivity contribution >= 4 is 38.9 Å². The summed E-state index contributed by atoms with van der Waals surface area (Å²) in [5.41, 5.74) is 10.3. The number of halogens is 1. The molecule has 1 aliphatic heterocycles. The lowest BCUT2D eigenvalue weighted by atomic mass is 10.1. The largest absolute Gasteiger partial charge is 0.397 e. The predicted molar refractivity (Wildman–Crippen MR) is 112 cm³/mol. The molecule has 138 valence electrons. The molecule has 1 saturated heterocycles. The summed E-state index contributed by atoms with van der Waals surface area (Å²) in [7, 11) is 0. The van der Waals surface area contributed by atoms with E-state index in [2.05, 4.69) is 44.9 Å². The van der Waals surface area contributed by atoms with E-state index < -0.39 is 0 Å². The average Bonchev–Trinajstić information content (AvgIpc) is 2.64. The second-order valence-corrected chi connectivity index (χ2v) is 7.44. The number of carbonyl (C=O) groups excluding carboxylic acids is 1. The highest BCUT2D eigenvalue weighted by Crippen LogP contribution is 2.31. The number of hydrogen-bond acceptors (Lipinski definition) is 4. The fourth-order valence-corrected chi connectivity index (χ4v) is 3.77. The van der Waals surface area contributed by atoms with Gasteiger partial charge in [0.1, 0.15) is 0 Å². The number of anilines is 3. The van der Waals surface area contributed by atoms with Gasteiger partial charge in [-0.2, -0.15) is 0 Å². The van der Waals surface area contributed by atoms with Gasteiger partial charge in [-0.25, -0.2) is 0 Å². The molecule has 0 bridgehead atoms. The molecule has 1 amide bonds. The van der Waals surface area contributed by atoms with E-state index in [9.17, 15) is 4.79 Å². The molecule has 2 aromatic carbocycles. The first-order valence-electron chi connectivity index (χ1n) is 8.93. The smallest absolute Gasteiger partial charge is 0.256 e. The summed E-state index contributed by atoms with van der Waals surface area (Å²) in [6.07, 6.45) is 0. The van der Waals surface area contributed by atoms with Crippen molar-refractivity contribution < 1.29 is 4.79 Å². The molecule has 3 rings (SSSR count). The third kappa shape index (κ3) is 4.02. The van der Waals surface area contributed by atoms with E-state index in [-0.39, 0.29) is 5.91 Å². The lowest BCUT2D eigenvalue weighted by molar-refractivity contribution is 0.102. The van der Waals surface area contributed by atoms with Gasteiger partial charge in [0.05, 0.1) is 16.9 Å². The Morgan fingerprint density at radius 2 is 1.88 bits per heavy atom. The number of nitrogens with zero attached hydrogens (tertiary/aromatic N) is 2. The maximum atomic E-state index is 12.6. The van der Waals surface area contributed by atoms with Crippen LogP contribution in [-0.4, -0.2) is 43.5 Å².